The Balaban J connectivity index is 1.54. The molecule has 7 nitrogen and oxygen atoms in total. The molecular formula is C19H25FN4O3. The first-order valence-corrected chi connectivity index (χ1v) is 9.29. The molecule has 0 spiro atoms. The first-order valence-electron chi connectivity index (χ1n) is 9.29. The van der Waals surface area contributed by atoms with Crippen LogP contribution in [0.1, 0.15) is 25.3 Å². The maximum Gasteiger partial charge on any atom is 0.320 e. The number of nitrogens with zero attached hydrogens (tertiary/aromatic N) is 3. The molecule has 2 aliphatic rings. The number of halogens is 1. The summed E-state index contributed by atoms with van der Waals surface area (Å²) in [6.45, 7) is 4.40. The third-order valence-corrected chi connectivity index (χ3v) is 5.18. The fraction of sp³-hybridized carbons (Fsp3) is 0.526. The Morgan fingerprint density at radius 1 is 1.04 bits per heavy atom. The molecule has 2 saturated heterocycles. The maximum absolute atomic E-state index is 13.0. The van der Waals surface area contributed by atoms with Crippen molar-refractivity contribution in [2.24, 2.45) is 0 Å². The van der Waals surface area contributed by atoms with E-state index in [0.717, 1.165) is 12.0 Å². The fourth-order valence-electron chi connectivity index (χ4n) is 3.57. The van der Waals surface area contributed by atoms with E-state index in [4.69, 9.17) is 0 Å². The Kier molecular flexibility index (Phi) is 5.93. The average Bonchev–Trinajstić information content (AvgIpc) is 3.16. The van der Waals surface area contributed by atoms with Gasteiger partial charge < -0.3 is 20.0 Å². The van der Waals surface area contributed by atoms with Gasteiger partial charge >= 0.3 is 6.03 Å². The van der Waals surface area contributed by atoms with Crippen molar-refractivity contribution in [3.8, 4) is 0 Å². The Morgan fingerprint density at radius 3 is 2.30 bits per heavy atom. The first kappa shape index (κ1) is 19.1. The highest BCUT2D eigenvalue weighted by Gasteiger charge is 2.37. The Bertz CT molecular complexity index is 701. The number of carbonyl (C=O) groups is 3. The SMILES string of the molecule is CC(=O)N1CCN(C(=O)N2CCCC2C(=O)NCc2ccc(F)cc2)CC1. The van der Waals surface area contributed by atoms with Gasteiger partial charge in [-0.15, -0.1) is 0 Å². The van der Waals surface area contributed by atoms with Gasteiger partial charge in [0.2, 0.25) is 11.8 Å². The van der Waals surface area contributed by atoms with Crippen LogP contribution in [-0.4, -0.2) is 71.3 Å². The maximum atomic E-state index is 13.0. The summed E-state index contributed by atoms with van der Waals surface area (Å²) in [5.41, 5.74) is 0.806. The molecular weight excluding hydrogens is 351 g/mol. The highest BCUT2D eigenvalue weighted by Crippen LogP contribution is 2.20. The van der Waals surface area contributed by atoms with E-state index in [1.807, 2.05) is 0 Å². The van der Waals surface area contributed by atoms with E-state index in [1.165, 1.54) is 19.1 Å². The summed E-state index contributed by atoms with van der Waals surface area (Å²) in [5, 5.41) is 2.84. The molecule has 0 saturated carbocycles. The normalized spacial score (nSPS) is 19.9. The lowest BCUT2D eigenvalue weighted by Crippen LogP contribution is -2.56. The largest absolute Gasteiger partial charge is 0.350 e. The molecule has 1 aromatic rings. The van der Waals surface area contributed by atoms with Crippen LogP contribution in [0.3, 0.4) is 0 Å². The number of piperazine rings is 1. The van der Waals surface area contributed by atoms with Gasteiger partial charge in [0.1, 0.15) is 11.9 Å². The molecule has 1 unspecified atom stereocenters. The minimum absolute atomic E-state index is 0.0151. The average molecular weight is 376 g/mol. The van der Waals surface area contributed by atoms with Crippen LogP contribution in [0.15, 0.2) is 24.3 Å². The summed E-state index contributed by atoms with van der Waals surface area (Å²) in [5.74, 6) is -0.489. The highest BCUT2D eigenvalue weighted by atomic mass is 19.1. The van der Waals surface area contributed by atoms with Crippen LogP contribution < -0.4 is 5.32 Å². The van der Waals surface area contributed by atoms with Crippen LogP contribution in [0.2, 0.25) is 0 Å². The molecule has 0 radical (unpaired) electrons. The van der Waals surface area contributed by atoms with E-state index < -0.39 is 6.04 Å². The number of hydrogen-bond donors (Lipinski definition) is 1. The van der Waals surface area contributed by atoms with Gasteiger partial charge in [0, 0.05) is 46.2 Å². The fourth-order valence-corrected chi connectivity index (χ4v) is 3.57. The van der Waals surface area contributed by atoms with Crippen molar-refractivity contribution in [1.82, 2.24) is 20.0 Å². The Labute approximate surface area is 158 Å². The second-order valence-corrected chi connectivity index (χ2v) is 6.97. The van der Waals surface area contributed by atoms with Crippen molar-refractivity contribution in [1.29, 1.82) is 0 Å². The van der Waals surface area contributed by atoms with Crippen molar-refractivity contribution in [2.45, 2.75) is 32.4 Å². The zero-order valence-corrected chi connectivity index (χ0v) is 15.5. The molecule has 146 valence electrons. The molecule has 1 atom stereocenters. The van der Waals surface area contributed by atoms with Gasteiger partial charge in [-0.25, -0.2) is 9.18 Å². The second-order valence-electron chi connectivity index (χ2n) is 6.97. The number of nitrogens with one attached hydrogen (secondary N) is 1. The minimum Gasteiger partial charge on any atom is -0.350 e. The number of urea groups is 1. The summed E-state index contributed by atoms with van der Waals surface area (Å²) in [4.78, 5) is 41.9. The van der Waals surface area contributed by atoms with Crippen LogP contribution in [0, 0.1) is 5.82 Å². The predicted molar refractivity (Wildman–Crippen MR) is 97.2 cm³/mol. The molecule has 1 aromatic carbocycles. The van der Waals surface area contributed by atoms with E-state index in [1.54, 1.807) is 26.8 Å². The third kappa shape index (κ3) is 4.56. The number of amides is 4. The van der Waals surface area contributed by atoms with Crippen LogP contribution in [0.4, 0.5) is 9.18 Å². The Morgan fingerprint density at radius 2 is 1.67 bits per heavy atom. The van der Waals surface area contributed by atoms with Crippen molar-refractivity contribution in [2.75, 3.05) is 32.7 Å². The van der Waals surface area contributed by atoms with Crippen molar-refractivity contribution in [3.05, 3.63) is 35.6 Å². The predicted octanol–water partition coefficient (Wildman–Crippen LogP) is 1.19. The lowest BCUT2D eigenvalue weighted by Gasteiger charge is -2.37. The van der Waals surface area contributed by atoms with Gasteiger partial charge in [-0.1, -0.05) is 12.1 Å². The molecule has 8 heteroatoms. The lowest BCUT2D eigenvalue weighted by atomic mass is 10.2. The van der Waals surface area contributed by atoms with Crippen molar-refractivity contribution >= 4 is 17.8 Å². The number of rotatable bonds is 3. The van der Waals surface area contributed by atoms with Crippen LogP contribution >= 0.6 is 0 Å². The van der Waals surface area contributed by atoms with Gasteiger partial charge in [-0.05, 0) is 30.5 Å². The van der Waals surface area contributed by atoms with Gasteiger partial charge in [0.25, 0.3) is 0 Å². The van der Waals surface area contributed by atoms with Crippen molar-refractivity contribution < 1.29 is 18.8 Å². The number of likely N-dealkylation sites (tertiary alicyclic amines) is 1. The lowest BCUT2D eigenvalue weighted by molar-refractivity contribution is -0.130. The van der Waals surface area contributed by atoms with Gasteiger partial charge in [0.15, 0.2) is 0 Å². The smallest absolute Gasteiger partial charge is 0.320 e. The van der Waals surface area contributed by atoms with Crippen molar-refractivity contribution in [3.63, 3.8) is 0 Å². The molecule has 0 aromatic heterocycles. The van der Waals surface area contributed by atoms with E-state index >= 15 is 0 Å². The Hall–Kier alpha value is -2.64. The van der Waals surface area contributed by atoms with Crippen LogP contribution in [0.25, 0.3) is 0 Å². The molecule has 2 heterocycles. The summed E-state index contributed by atoms with van der Waals surface area (Å²) in [6, 6.07) is 5.34. The van der Waals surface area contributed by atoms with Gasteiger partial charge in [-0.3, -0.25) is 9.59 Å². The van der Waals surface area contributed by atoms with Crippen LogP contribution in [0.5, 0.6) is 0 Å². The molecule has 27 heavy (non-hydrogen) atoms. The summed E-state index contributed by atoms with van der Waals surface area (Å²) in [6.07, 6.45) is 1.42. The van der Waals surface area contributed by atoms with Gasteiger partial charge in [0.05, 0.1) is 0 Å². The standard InChI is InChI=1S/C19H25FN4O3/c1-14(25)22-9-11-23(12-10-22)19(27)24-8-2-3-17(24)18(26)21-13-15-4-6-16(20)7-5-15/h4-7,17H,2-3,8-13H2,1H3,(H,21,26). The molecule has 2 fully saturated rings. The third-order valence-electron chi connectivity index (χ3n) is 5.18. The van der Waals surface area contributed by atoms with E-state index in [9.17, 15) is 18.8 Å². The second kappa shape index (κ2) is 8.37. The summed E-state index contributed by atoms with van der Waals surface area (Å²) >= 11 is 0. The van der Waals surface area contributed by atoms with E-state index in [2.05, 4.69) is 5.32 Å². The van der Waals surface area contributed by atoms with Gasteiger partial charge in [-0.2, -0.15) is 0 Å². The summed E-state index contributed by atoms with van der Waals surface area (Å²) in [7, 11) is 0. The molecule has 0 aliphatic carbocycles. The number of carbonyl (C=O) groups excluding carboxylic acids is 3. The zero-order chi connectivity index (χ0) is 19.4. The first-order chi connectivity index (χ1) is 13.0. The molecule has 2 aliphatic heterocycles. The number of hydrogen-bond acceptors (Lipinski definition) is 3. The van der Waals surface area contributed by atoms with E-state index in [-0.39, 0.29) is 23.7 Å². The molecule has 3 rings (SSSR count). The zero-order valence-electron chi connectivity index (χ0n) is 15.5. The minimum atomic E-state index is -0.483. The quantitative estimate of drug-likeness (QED) is 0.861. The van der Waals surface area contributed by atoms with E-state index in [0.29, 0.717) is 45.7 Å². The molecule has 0 bridgehead atoms. The highest BCUT2D eigenvalue weighted by molar-refractivity contribution is 5.87. The summed E-state index contributed by atoms with van der Waals surface area (Å²) < 4.78 is 13.0. The monoisotopic (exact) mass is 376 g/mol. The topological polar surface area (TPSA) is 73.0 Å². The molecule has 4 amide bonds. The molecule has 1 N–H and O–H groups in total. The van der Waals surface area contributed by atoms with Crippen LogP contribution in [-0.2, 0) is 16.1 Å². The number of benzene rings is 1.